The number of hydrogen-bond donors (Lipinski definition) is 1. The smallest absolute Gasteiger partial charge is 0.306 e. The highest BCUT2D eigenvalue weighted by atomic mass is 32.1. The van der Waals surface area contributed by atoms with Gasteiger partial charge in [-0.3, -0.25) is 9.59 Å². The second kappa shape index (κ2) is 5.79. The van der Waals surface area contributed by atoms with Crippen LogP contribution in [0.25, 0.3) is 0 Å². The fraction of sp³-hybridized carbons (Fsp3) is 0.625. The summed E-state index contributed by atoms with van der Waals surface area (Å²) in [5, 5.41) is 11.3. The van der Waals surface area contributed by atoms with Crippen LogP contribution in [0.4, 0.5) is 0 Å². The monoisotopic (exact) mass is 307 g/mol. The number of carboxylic acids is 1. The molecule has 3 rings (SSSR count). The Bertz CT molecular complexity index is 553. The van der Waals surface area contributed by atoms with Crippen LogP contribution in [-0.2, 0) is 16.0 Å². The van der Waals surface area contributed by atoms with Gasteiger partial charge in [0, 0.05) is 17.3 Å². The highest BCUT2D eigenvalue weighted by Gasteiger charge is 2.36. The third-order valence-electron chi connectivity index (χ3n) is 4.93. The van der Waals surface area contributed by atoms with Crippen LogP contribution in [0.15, 0.2) is 11.4 Å². The molecule has 3 atom stereocenters. The van der Waals surface area contributed by atoms with Gasteiger partial charge in [0.25, 0.3) is 0 Å². The molecule has 2 heterocycles. The Morgan fingerprint density at radius 3 is 2.86 bits per heavy atom. The topological polar surface area (TPSA) is 57.6 Å². The second-order valence-corrected chi connectivity index (χ2v) is 7.16. The van der Waals surface area contributed by atoms with Crippen LogP contribution < -0.4 is 0 Å². The van der Waals surface area contributed by atoms with Gasteiger partial charge < -0.3 is 10.0 Å². The average Bonchev–Trinajstić information content (AvgIpc) is 2.96. The number of rotatable bonds is 2. The van der Waals surface area contributed by atoms with Gasteiger partial charge in [0.15, 0.2) is 0 Å². The Morgan fingerprint density at radius 2 is 2.10 bits per heavy atom. The van der Waals surface area contributed by atoms with Gasteiger partial charge in [-0.25, -0.2) is 0 Å². The molecule has 1 saturated carbocycles. The molecule has 0 aromatic carbocycles. The maximum Gasteiger partial charge on any atom is 0.306 e. The number of fused-ring (bicyclic) bond motifs is 1. The highest BCUT2D eigenvalue weighted by Crippen LogP contribution is 2.36. The first kappa shape index (κ1) is 14.6. The van der Waals surface area contributed by atoms with E-state index in [9.17, 15) is 14.7 Å². The van der Waals surface area contributed by atoms with Gasteiger partial charge in [0.05, 0.1) is 12.0 Å². The largest absolute Gasteiger partial charge is 0.481 e. The van der Waals surface area contributed by atoms with Gasteiger partial charge in [-0.2, -0.15) is 0 Å². The molecule has 2 aliphatic rings. The van der Waals surface area contributed by atoms with Crippen molar-refractivity contribution < 1.29 is 14.7 Å². The molecule has 1 fully saturated rings. The molecular weight excluding hydrogens is 286 g/mol. The fourth-order valence-corrected chi connectivity index (χ4v) is 4.65. The normalized spacial score (nSPS) is 29.0. The van der Waals surface area contributed by atoms with E-state index >= 15 is 0 Å². The third-order valence-corrected chi connectivity index (χ3v) is 5.93. The lowest BCUT2D eigenvalue weighted by Crippen LogP contribution is -2.43. The maximum absolute atomic E-state index is 12.8. The molecule has 21 heavy (non-hydrogen) atoms. The van der Waals surface area contributed by atoms with Crippen molar-refractivity contribution in [2.75, 3.05) is 6.54 Å². The van der Waals surface area contributed by atoms with E-state index in [1.54, 1.807) is 11.3 Å². The molecular formula is C16H21NO3S. The summed E-state index contributed by atoms with van der Waals surface area (Å²) in [5.74, 6) is -1.04. The van der Waals surface area contributed by atoms with Gasteiger partial charge in [-0.05, 0) is 49.6 Å². The highest BCUT2D eigenvalue weighted by molar-refractivity contribution is 7.10. The maximum atomic E-state index is 12.8. The first-order valence-electron chi connectivity index (χ1n) is 7.67. The molecule has 1 amide bonds. The molecule has 5 heteroatoms. The fourth-order valence-electron chi connectivity index (χ4n) is 3.68. The summed E-state index contributed by atoms with van der Waals surface area (Å²) in [6, 6.07) is 2.24. The minimum atomic E-state index is -0.751. The van der Waals surface area contributed by atoms with Gasteiger partial charge in [0.1, 0.15) is 0 Å². The summed E-state index contributed by atoms with van der Waals surface area (Å²) in [6.45, 7) is 2.85. The van der Waals surface area contributed by atoms with Gasteiger partial charge in [0.2, 0.25) is 5.91 Å². The molecule has 1 aromatic heterocycles. The summed E-state index contributed by atoms with van der Waals surface area (Å²) < 4.78 is 0. The van der Waals surface area contributed by atoms with Gasteiger partial charge in [-0.1, -0.05) is 6.42 Å². The first-order valence-corrected chi connectivity index (χ1v) is 8.55. The molecule has 0 radical (unpaired) electrons. The van der Waals surface area contributed by atoms with Crippen molar-refractivity contribution in [3.63, 3.8) is 0 Å². The third kappa shape index (κ3) is 2.71. The van der Waals surface area contributed by atoms with E-state index in [1.165, 1.54) is 10.4 Å². The van der Waals surface area contributed by atoms with E-state index in [0.29, 0.717) is 12.8 Å². The first-order chi connectivity index (χ1) is 10.1. The van der Waals surface area contributed by atoms with Crippen molar-refractivity contribution >= 4 is 23.2 Å². The number of nitrogens with zero attached hydrogens (tertiary/aromatic N) is 1. The lowest BCUT2D eigenvalue weighted by Gasteiger charge is -2.37. The van der Waals surface area contributed by atoms with E-state index in [2.05, 4.69) is 18.4 Å². The molecule has 1 aliphatic heterocycles. The average molecular weight is 307 g/mol. The van der Waals surface area contributed by atoms with Crippen LogP contribution in [0, 0.1) is 11.8 Å². The van der Waals surface area contributed by atoms with Crippen molar-refractivity contribution in [3.8, 4) is 0 Å². The number of hydrogen-bond acceptors (Lipinski definition) is 3. The van der Waals surface area contributed by atoms with Crippen molar-refractivity contribution in [2.45, 2.75) is 45.1 Å². The number of amides is 1. The molecule has 1 N–H and O–H groups in total. The lowest BCUT2D eigenvalue weighted by molar-refractivity contribution is -0.146. The van der Waals surface area contributed by atoms with Crippen LogP contribution in [0.3, 0.4) is 0 Å². The van der Waals surface area contributed by atoms with Gasteiger partial charge in [-0.15, -0.1) is 11.3 Å². The summed E-state index contributed by atoms with van der Waals surface area (Å²) >= 11 is 1.77. The number of carbonyl (C=O) groups is 2. The van der Waals surface area contributed by atoms with Crippen LogP contribution in [0.1, 0.15) is 49.1 Å². The quantitative estimate of drug-likeness (QED) is 0.913. The predicted octanol–water partition coefficient (Wildman–Crippen LogP) is 3.08. The number of thiophene rings is 1. The van der Waals surface area contributed by atoms with E-state index in [0.717, 1.165) is 25.8 Å². The summed E-state index contributed by atoms with van der Waals surface area (Å²) in [5.41, 5.74) is 1.27. The zero-order valence-corrected chi connectivity index (χ0v) is 13.1. The van der Waals surface area contributed by atoms with Crippen LogP contribution in [-0.4, -0.2) is 28.4 Å². The van der Waals surface area contributed by atoms with Crippen molar-refractivity contribution in [1.29, 1.82) is 0 Å². The minimum absolute atomic E-state index is 0.109. The van der Waals surface area contributed by atoms with E-state index in [1.807, 2.05) is 4.90 Å². The second-order valence-electron chi connectivity index (χ2n) is 6.16. The van der Waals surface area contributed by atoms with E-state index in [-0.39, 0.29) is 23.8 Å². The number of carbonyl (C=O) groups excluding carboxylic acids is 1. The minimum Gasteiger partial charge on any atom is -0.481 e. The van der Waals surface area contributed by atoms with Crippen LogP contribution in [0.5, 0.6) is 0 Å². The van der Waals surface area contributed by atoms with Gasteiger partial charge >= 0.3 is 5.97 Å². The van der Waals surface area contributed by atoms with E-state index in [4.69, 9.17) is 0 Å². The van der Waals surface area contributed by atoms with Crippen LogP contribution >= 0.6 is 11.3 Å². The molecule has 0 spiro atoms. The predicted molar refractivity (Wildman–Crippen MR) is 81.2 cm³/mol. The Labute approximate surface area is 128 Å². The van der Waals surface area contributed by atoms with Crippen LogP contribution in [0.2, 0.25) is 0 Å². The molecule has 0 saturated heterocycles. The standard InChI is InChI=1S/C16H21NO3S/c1-10-13-6-8-21-14(13)5-7-17(10)15(18)11-3-2-4-12(9-11)16(19)20/h6,8,10-12H,2-5,7,9H2,1H3,(H,19,20). The number of aliphatic carboxylic acids is 1. The summed E-state index contributed by atoms with van der Waals surface area (Å²) in [7, 11) is 0. The molecule has 114 valence electrons. The molecule has 1 aliphatic carbocycles. The summed E-state index contributed by atoms with van der Waals surface area (Å²) in [4.78, 5) is 27.3. The van der Waals surface area contributed by atoms with Crippen molar-refractivity contribution in [2.24, 2.45) is 11.8 Å². The summed E-state index contributed by atoms with van der Waals surface area (Å²) in [6.07, 6.45) is 3.83. The zero-order chi connectivity index (χ0) is 15.0. The molecule has 4 nitrogen and oxygen atoms in total. The van der Waals surface area contributed by atoms with Crippen molar-refractivity contribution in [1.82, 2.24) is 4.90 Å². The molecule has 1 aromatic rings. The lowest BCUT2D eigenvalue weighted by atomic mass is 9.80. The Morgan fingerprint density at radius 1 is 1.33 bits per heavy atom. The SMILES string of the molecule is CC1c2ccsc2CCN1C(=O)C1CCCC(C(=O)O)C1. The molecule has 0 bridgehead atoms. The Balaban J connectivity index is 1.72. The zero-order valence-electron chi connectivity index (χ0n) is 12.2. The Kier molecular flexibility index (Phi) is 4.02. The molecule has 3 unspecified atom stereocenters. The van der Waals surface area contributed by atoms with E-state index < -0.39 is 5.97 Å². The van der Waals surface area contributed by atoms with Crippen molar-refractivity contribution in [3.05, 3.63) is 21.9 Å². The Hall–Kier alpha value is -1.36. The number of carboxylic acid groups (broad SMARTS) is 1.